The van der Waals surface area contributed by atoms with Gasteiger partial charge >= 0.3 is 0 Å². The Balaban J connectivity index is 1.80. The molecule has 8 nitrogen and oxygen atoms in total. The van der Waals surface area contributed by atoms with E-state index in [1.165, 1.54) is 18.4 Å². The summed E-state index contributed by atoms with van der Waals surface area (Å²) in [5.74, 6) is -0.957. The first kappa shape index (κ1) is 27.6. The van der Waals surface area contributed by atoms with Crippen LogP contribution in [0.1, 0.15) is 38.5 Å². The highest BCUT2D eigenvalue weighted by Gasteiger charge is 2.23. The number of hydrogen-bond acceptors (Lipinski definition) is 8. The van der Waals surface area contributed by atoms with Crippen molar-refractivity contribution in [2.75, 3.05) is 30.9 Å². The van der Waals surface area contributed by atoms with Crippen LogP contribution in [0, 0.1) is 18.3 Å². The van der Waals surface area contributed by atoms with Crippen LogP contribution in [-0.2, 0) is 27.7 Å². The van der Waals surface area contributed by atoms with E-state index >= 15 is 0 Å². The molecule has 1 aromatic heterocycles. The molecule has 0 bridgehead atoms. The summed E-state index contributed by atoms with van der Waals surface area (Å²) in [7, 11) is -2.31. The molecule has 0 aliphatic rings. The fraction of sp³-hybridized carbons (Fsp3) is 0.320. The number of carbonyl (C=O) groups is 1. The van der Waals surface area contributed by atoms with E-state index in [9.17, 15) is 13.2 Å². The number of benzene rings is 2. The minimum absolute atomic E-state index is 0.0878. The van der Waals surface area contributed by atoms with Gasteiger partial charge in [-0.2, -0.15) is 5.26 Å². The summed E-state index contributed by atoms with van der Waals surface area (Å²) < 4.78 is 31.5. The summed E-state index contributed by atoms with van der Waals surface area (Å²) in [6.45, 7) is 3.15. The molecular formula is C25H27ClN4O4S2. The molecule has 1 heterocycles. The molecule has 36 heavy (non-hydrogen) atoms. The number of nitrogens with one attached hydrogen (secondary N) is 1. The fourth-order valence-electron chi connectivity index (χ4n) is 3.42. The summed E-state index contributed by atoms with van der Waals surface area (Å²) in [6, 6.07) is 17.0. The number of nitriles is 1. The lowest BCUT2D eigenvalue weighted by Crippen LogP contribution is -2.33. The number of sulfonamides is 1. The summed E-state index contributed by atoms with van der Waals surface area (Å²) in [4.78, 5) is 19.9. The second-order valence-electron chi connectivity index (χ2n) is 8.10. The van der Waals surface area contributed by atoms with E-state index in [2.05, 4.69) is 15.8 Å². The van der Waals surface area contributed by atoms with Gasteiger partial charge < -0.3 is 9.64 Å². The second kappa shape index (κ2) is 12.8. The Bertz CT molecular complexity index is 1320. The summed E-state index contributed by atoms with van der Waals surface area (Å²) in [5, 5.41) is 10.3. The van der Waals surface area contributed by atoms with Crippen molar-refractivity contribution in [3.63, 3.8) is 0 Å². The van der Waals surface area contributed by atoms with E-state index in [1.807, 2.05) is 41.3 Å². The first-order valence-corrected chi connectivity index (χ1v) is 14.0. The predicted molar refractivity (Wildman–Crippen MR) is 142 cm³/mol. The Labute approximate surface area is 220 Å². The highest BCUT2D eigenvalue weighted by Crippen LogP contribution is 2.28. The largest absolute Gasteiger partial charge is 0.385 e. The molecule has 3 rings (SSSR count). The van der Waals surface area contributed by atoms with Crippen molar-refractivity contribution in [2.24, 2.45) is 0 Å². The first-order chi connectivity index (χ1) is 17.2. The highest BCUT2D eigenvalue weighted by atomic mass is 35.5. The van der Waals surface area contributed by atoms with Crippen molar-refractivity contribution in [1.82, 2.24) is 9.71 Å². The monoisotopic (exact) mass is 546 g/mol. The van der Waals surface area contributed by atoms with Crippen LogP contribution >= 0.6 is 22.9 Å². The minimum Gasteiger partial charge on any atom is -0.385 e. The van der Waals surface area contributed by atoms with E-state index in [1.54, 1.807) is 19.1 Å². The van der Waals surface area contributed by atoms with Crippen LogP contribution in [0.3, 0.4) is 0 Å². The van der Waals surface area contributed by atoms with Crippen molar-refractivity contribution >= 4 is 44.0 Å². The van der Waals surface area contributed by atoms with Gasteiger partial charge in [-0.1, -0.05) is 35.9 Å². The maximum Gasteiger partial charge on any atom is 0.284 e. The number of halogens is 1. The molecule has 1 N–H and O–H groups in total. The van der Waals surface area contributed by atoms with E-state index in [0.29, 0.717) is 40.1 Å². The molecule has 0 atom stereocenters. The van der Waals surface area contributed by atoms with Crippen molar-refractivity contribution in [3.05, 3.63) is 80.8 Å². The molecule has 0 saturated carbocycles. The van der Waals surface area contributed by atoms with E-state index < -0.39 is 15.9 Å². The fourth-order valence-corrected chi connectivity index (χ4v) is 5.46. The number of carbonyl (C=O) groups excluding carboxylic acids is 1. The van der Waals surface area contributed by atoms with E-state index in [-0.39, 0.29) is 24.5 Å². The van der Waals surface area contributed by atoms with Gasteiger partial charge in [-0.05, 0) is 55.2 Å². The van der Waals surface area contributed by atoms with Crippen LogP contribution in [0.5, 0.6) is 0 Å². The molecule has 2 aromatic carbocycles. The first-order valence-electron chi connectivity index (χ1n) is 11.2. The van der Waals surface area contributed by atoms with Crippen LogP contribution in [0.25, 0.3) is 0 Å². The number of nitrogens with zero attached hydrogens (tertiary/aromatic N) is 3. The number of amides is 1. The molecule has 190 valence electrons. The quantitative estimate of drug-likeness (QED) is 0.336. The number of thiazole rings is 1. The van der Waals surface area contributed by atoms with Crippen LogP contribution in [0.4, 0.5) is 5.13 Å². The zero-order valence-electron chi connectivity index (χ0n) is 20.0. The van der Waals surface area contributed by atoms with Gasteiger partial charge in [0.2, 0.25) is 10.0 Å². The predicted octanol–water partition coefficient (Wildman–Crippen LogP) is 4.32. The molecule has 0 fully saturated rings. The van der Waals surface area contributed by atoms with Gasteiger partial charge in [0.25, 0.3) is 5.91 Å². The maximum absolute atomic E-state index is 12.7. The second-order valence-corrected chi connectivity index (χ2v) is 11.6. The van der Waals surface area contributed by atoms with Crippen LogP contribution in [0.15, 0.2) is 48.5 Å². The molecule has 3 aromatic rings. The van der Waals surface area contributed by atoms with Gasteiger partial charge in [-0.15, -0.1) is 11.3 Å². The van der Waals surface area contributed by atoms with Gasteiger partial charge in [0.05, 0.1) is 17.4 Å². The molecule has 0 aliphatic carbocycles. The Morgan fingerprint density at radius 2 is 1.83 bits per heavy atom. The topological polar surface area (TPSA) is 112 Å². The van der Waals surface area contributed by atoms with Crippen molar-refractivity contribution in [2.45, 2.75) is 26.3 Å². The van der Waals surface area contributed by atoms with Crippen LogP contribution in [-0.4, -0.2) is 45.3 Å². The van der Waals surface area contributed by atoms with Crippen LogP contribution in [0.2, 0.25) is 5.02 Å². The summed E-state index contributed by atoms with van der Waals surface area (Å²) >= 11 is 7.37. The minimum atomic E-state index is -3.80. The SMILES string of the molecule is COCCCS(=O)(=O)NC(=O)c1nc(N(CCc2ccc(C#N)cc2)Cc2ccc(Cl)cc2)sc1C. The Hall–Kier alpha value is -2.97. The zero-order chi connectivity index (χ0) is 26.1. The third-order valence-corrected chi connectivity index (χ3v) is 7.93. The van der Waals surface area contributed by atoms with Gasteiger partial charge in [0.1, 0.15) is 5.69 Å². The maximum atomic E-state index is 12.7. The Morgan fingerprint density at radius 1 is 1.17 bits per heavy atom. The number of rotatable bonds is 12. The third-order valence-electron chi connectivity index (χ3n) is 5.32. The van der Waals surface area contributed by atoms with Gasteiger partial charge in [0.15, 0.2) is 5.13 Å². The lowest BCUT2D eigenvalue weighted by atomic mass is 10.1. The summed E-state index contributed by atoms with van der Waals surface area (Å²) in [5.41, 5.74) is 2.76. The standard InChI is InChI=1S/C25H27ClN4O4S2/c1-18-23(24(31)29-36(32,33)15-3-14-34-2)28-25(35-18)30(17-21-8-10-22(26)11-9-21)13-12-19-4-6-20(16-27)7-5-19/h4-11H,3,12-15,17H2,1-2H3,(H,29,31). The number of methoxy groups -OCH3 is 1. The molecule has 1 amide bonds. The molecule has 0 unspecified atom stereocenters. The van der Waals surface area contributed by atoms with Crippen molar-refractivity contribution < 1.29 is 17.9 Å². The molecule has 0 saturated heterocycles. The average Bonchev–Trinajstić information content (AvgIpc) is 3.24. The molecule has 11 heteroatoms. The summed E-state index contributed by atoms with van der Waals surface area (Å²) in [6.07, 6.45) is 0.970. The van der Waals surface area contributed by atoms with E-state index in [4.69, 9.17) is 21.6 Å². The Kier molecular flexibility index (Phi) is 9.84. The van der Waals surface area contributed by atoms with Crippen molar-refractivity contribution in [3.8, 4) is 6.07 Å². The molecular weight excluding hydrogens is 520 g/mol. The molecule has 0 aliphatic heterocycles. The van der Waals surface area contributed by atoms with Crippen LogP contribution < -0.4 is 9.62 Å². The third kappa shape index (κ3) is 8.03. The molecule has 0 spiro atoms. The number of ether oxygens (including phenoxy) is 1. The average molecular weight is 547 g/mol. The lowest BCUT2D eigenvalue weighted by molar-refractivity contribution is 0.0976. The Morgan fingerprint density at radius 3 is 2.47 bits per heavy atom. The number of hydrogen-bond donors (Lipinski definition) is 1. The zero-order valence-corrected chi connectivity index (χ0v) is 22.4. The highest BCUT2D eigenvalue weighted by molar-refractivity contribution is 7.90. The van der Waals surface area contributed by atoms with Gasteiger partial charge in [0, 0.05) is 36.7 Å². The number of aromatic nitrogens is 1. The van der Waals surface area contributed by atoms with Gasteiger partial charge in [-0.25, -0.2) is 18.1 Å². The van der Waals surface area contributed by atoms with Crippen molar-refractivity contribution in [1.29, 1.82) is 5.26 Å². The number of aryl methyl sites for hydroxylation is 1. The van der Waals surface area contributed by atoms with E-state index in [0.717, 1.165) is 11.1 Å². The number of anilines is 1. The molecule has 0 radical (unpaired) electrons. The lowest BCUT2D eigenvalue weighted by Gasteiger charge is -2.22. The normalized spacial score (nSPS) is 11.2. The van der Waals surface area contributed by atoms with Gasteiger partial charge in [-0.3, -0.25) is 4.79 Å². The smallest absolute Gasteiger partial charge is 0.284 e.